The van der Waals surface area contributed by atoms with E-state index in [0.717, 1.165) is 23.2 Å². The zero-order valence-electron chi connectivity index (χ0n) is 14.0. The fourth-order valence-corrected chi connectivity index (χ4v) is 3.18. The monoisotopic (exact) mass is 336 g/mol. The number of aromatic nitrogens is 4. The van der Waals surface area contributed by atoms with Crippen LogP contribution in [0, 0.1) is 12.7 Å². The lowest BCUT2D eigenvalue weighted by Crippen LogP contribution is -2.00. The maximum absolute atomic E-state index is 13.6. The van der Waals surface area contributed by atoms with Gasteiger partial charge >= 0.3 is 0 Å². The fourth-order valence-electron chi connectivity index (χ4n) is 3.18. The van der Waals surface area contributed by atoms with E-state index < -0.39 is 0 Å². The topological polar surface area (TPSA) is 60.8 Å². The Kier molecular flexibility index (Phi) is 3.87. The summed E-state index contributed by atoms with van der Waals surface area (Å²) in [6, 6.07) is 6.83. The molecule has 2 aromatic heterocycles. The predicted molar refractivity (Wildman–Crippen MR) is 90.8 cm³/mol. The van der Waals surface area contributed by atoms with Gasteiger partial charge in [-0.25, -0.2) is 24.3 Å². The highest BCUT2D eigenvalue weighted by atomic mass is 19.1. The molecule has 2 unspecified atom stereocenters. The molecule has 1 fully saturated rings. The molecule has 1 saturated carbocycles. The molecule has 1 aliphatic rings. The van der Waals surface area contributed by atoms with Crippen molar-refractivity contribution in [2.24, 2.45) is 0 Å². The summed E-state index contributed by atoms with van der Waals surface area (Å²) >= 11 is 0. The highest BCUT2D eigenvalue weighted by molar-refractivity contribution is 5.46. The first-order chi connectivity index (χ1) is 12.2. The number of methoxy groups -OCH3 is 1. The van der Waals surface area contributed by atoms with Crippen molar-refractivity contribution < 1.29 is 9.13 Å². The van der Waals surface area contributed by atoms with Gasteiger partial charge in [0.15, 0.2) is 23.2 Å². The summed E-state index contributed by atoms with van der Waals surface area (Å²) in [5.41, 5.74) is 3.13. The smallest absolute Gasteiger partial charge is 0.197 e. The Balaban J connectivity index is 1.58. The summed E-state index contributed by atoms with van der Waals surface area (Å²) in [7, 11) is 1.48. The number of benzene rings is 1. The third-order valence-corrected chi connectivity index (χ3v) is 4.58. The average Bonchev–Trinajstić information content (AvgIpc) is 3.43. The van der Waals surface area contributed by atoms with Crippen molar-refractivity contribution in [2.45, 2.75) is 25.2 Å². The second kappa shape index (κ2) is 6.20. The number of hydrogen-bond donors (Lipinski definition) is 0. The van der Waals surface area contributed by atoms with Crippen molar-refractivity contribution in [2.75, 3.05) is 7.11 Å². The van der Waals surface area contributed by atoms with E-state index in [2.05, 4.69) is 19.9 Å². The van der Waals surface area contributed by atoms with Crippen molar-refractivity contribution in [1.82, 2.24) is 19.9 Å². The first-order valence-corrected chi connectivity index (χ1v) is 8.11. The number of aryl methyl sites for hydroxylation is 1. The van der Waals surface area contributed by atoms with Gasteiger partial charge in [-0.3, -0.25) is 0 Å². The summed E-state index contributed by atoms with van der Waals surface area (Å²) in [5.74, 6) is 1.69. The van der Waals surface area contributed by atoms with Gasteiger partial charge in [-0.2, -0.15) is 0 Å². The molecule has 2 atom stereocenters. The van der Waals surface area contributed by atoms with Crippen LogP contribution in [0.4, 0.5) is 4.39 Å². The van der Waals surface area contributed by atoms with Crippen LogP contribution in [0.15, 0.2) is 42.9 Å². The molecule has 0 saturated heterocycles. The first kappa shape index (κ1) is 15.6. The van der Waals surface area contributed by atoms with E-state index in [9.17, 15) is 4.39 Å². The SMILES string of the molecule is COc1cc(C2CC2c2cnc(-c3ncccn3)nc2C)ccc1F. The molecule has 0 bridgehead atoms. The van der Waals surface area contributed by atoms with Gasteiger partial charge in [0, 0.05) is 24.3 Å². The lowest BCUT2D eigenvalue weighted by Gasteiger charge is -2.08. The molecule has 2 heterocycles. The predicted octanol–water partition coefficient (Wildman–Crippen LogP) is 3.66. The van der Waals surface area contributed by atoms with Crippen molar-refractivity contribution in [1.29, 1.82) is 0 Å². The van der Waals surface area contributed by atoms with Crippen LogP contribution >= 0.6 is 0 Å². The second-order valence-electron chi connectivity index (χ2n) is 6.15. The zero-order chi connectivity index (χ0) is 17.4. The van der Waals surface area contributed by atoms with E-state index in [0.29, 0.717) is 23.5 Å². The van der Waals surface area contributed by atoms with Gasteiger partial charge in [0.05, 0.1) is 7.11 Å². The molecule has 1 aromatic carbocycles. The molecule has 0 amide bonds. The quantitative estimate of drug-likeness (QED) is 0.727. The molecule has 0 aliphatic heterocycles. The Bertz CT molecular complexity index is 917. The van der Waals surface area contributed by atoms with Crippen LogP contribution in [0.5, 0.6) is 5.75 Å². The Morgan fingerprint density at radius 1 is 1.08 bits per heavy atom. The van der Waals surface area contributed by atoms with E-state index in [1.54, 1.807) is 24.5 Å². The van der Waals surface area contributed by atoms with Crippen LogP contribution in [-0.4, -0.2) is 27.0 Å². The van der Waals surface area contributed by atoms with Crippen molar-refractivity contribution in [3.05, 3.63) is 65.5 Å². The minimum absolute atomic E-state index is 0.285. The Hall–Kier alpha value is -2.89. The van der Waals surface area contributed by atoms with E-state index in [4.69, 9.17) is 4.74 Å². The lowest BCUT2D eigenvalue weighted by molar-refractivity contribution is 0.386. The summed E-state index contributed by atoms with van der Waals surface area (Å²) in [6.07, 6.45) is 6.21. The van der Waals surface area contributed by atoms with E-state index >= 15 is 0 Å². The molecule has 1 aliphatic carbocycles. The zero-order valence-corrected chi connectivity index (χ0v) is 14.0. The summed E-state index contributed by atoms with van der Waals surface area (Å²) in [4.78, 5) is 17.4. The normalized spacial score (nSPS) is 18.8. The summed E-state index contributed by atoms with van der Waals surface area (Å²) in [5, 5.41) is 0. The van der Waals surface area contributed by atoms with Crippen LogP contribution in [0.3, 0.4) is 0 Å². The van der Waals surface area contributed by atoms with Gasteiger partial charge < -0.3 is 4.74 Å². The molecular formula is C19H17FN4O. The number of halogens is 1. The minimum Gasteiger partial charge on any atom is -0.494 e. The molecule has 126 valence electrons. The lowest BCUT2D eigenvalue weighted by atomic mass is 10.0. The maximum Gasteiger partial charge on any atom is 0.197 e. The van der Waals surface area contributed by atoms with Crippen molar-refractivity contribution in [3.63, 3.8) is 0 Å². The molecule has 4 rings (SSSR count). The maximum atomic E-state index is 13.6. The highest BCUT2D eigenvalue weighted by Crippen LogP contribution is 2.55. The third kappa shape index (κ3) is 2.95. The van der Waals surface area contributed by atoms with Crippen LogP contribution in [0.1, 0.15) is 35.1 Å². The fraction of sp³-hybridized carbons (Fsp3) is 0.263. The van der Waals surface area contributed by atoms with Crippen LogP contribution in [-0.2, 0) is 0 Å². The minimum atomic E-state index is -0.338. The average molecular weight is 336 g/mol. The highest BCUT2D eigenvalue weighted by Gasteiger charge is 2.41. The second-order valence-corrected chi connectivity index (χ2v) is 6.15. The van der Waals surface area contributed by atoms with Crippen LogP contribution in [0.2, 0.25) is 0 Å². The number of ether oxygens (including phenoxy) is 1. The molecule has 0 N–H and O–H groups in total. The van der Waals surface area contributed by atoms with Gasteiger partial charge in [-0.05, 0) is 54.5 Å². The van der Waals surface area contributed by atoms with Gasteiger partial charge in [-0.1, -0.05) is 6.07 Å². The van der Waals surface area contributed by atoms with Gasteiger partial charge in [-0.15, -0.1) is 0 Å². The largest absolute Gasteiger partial charge is 0.494 e. The number of nitrogens with zero attached hydrogens (tertiary/aromatic N) is 4. The van der Waals surface area contributed by atoms with Gasteiger partial charge in [0.2, 0.25) is 0 Å². The molecule has 6 heteroatoms. The first-order valence-electron chi connectivity index (χ1n) is 8.11. The van der Waals surface area contributed by atoms with Gasteiger partial charge in [0.25, 0.3) is 0 Å². The van der Waals surface area contributed by atoms with Crippen LogP contribution < -0.4 is 4.74 Å². The molecular weight excluding hydrogens is 319 g/mol. The molecule has 5 nitrogen and oxygen atoms in total. The molecule has 0 radical (unpaired) electrons. The Labute approximate surface area is 145 Å². The van der Waals surface area contributed by atoms with Crippen LogP contribution in [0.25, 0.3) is 11.6 Å². The van der Waals surface area contributed by atoms with Gasteiger partial charge in [0.1, 0.15) is 0 Å². The number of rotatable bonds is 4. The summed E-state index contributed by atoms with van der Waals surface area (Å²) < 4.78 is 18.7. The summed E-state index contributed by atoms with van der Waals surface area (Å²) in [6.45, 7) is 1.98. The Morgan fingerprint density at radius 3 is 2.60 bits per heavy atom. The van der Waals surface area contributed by atoms with Crippen molar-refractivity contribution in [3.8, 4) is 17.4 Å². The van der Waals surface area contributed by atoms with E-state index in [1.807, 2.05) is 19.2 Å². The standard InChI is InChI=1S/C19H17FN4O/c1-11-15(10-23-19(24-11)18-21-6-3-7-22-18)14-9-13(14)12-4-5-16(20)17(8-12)25-2/h3-8,10,13-14H,9H2,1-2H3. The van der Waals surface area contributed by atoms with E-state index in [1.165, 1.54) is 13.2 Å². The molecule has 25 heavy (non-hydrogen) atoms. The Morgan fingerprint density at radius 2 is 1.88 bits per heavy atom. The number of hydrogen-bond acceptors (Lipinski definition) is 5. The van der Waals surface area contributed by atoms with E-state index in [-0.39, 0.29) is 11.6 Å². The molecule has 3 aromatic rings. The third-order valence-electron chi connectivity index (χ3n) is 4.58. The molecule has 0 spiro atoms. The van der Waals surface area contributed by atoms with Crippen molar-refractivity contribution >= 4 is 0 Å².